The zero-order valence-corrected chi connectivity index (χ0v) is 17.1. The van der Waals surface area contributed by atoms with Crippen LogP contribution in [0.5, 0.6) is 0 Å². The number of nitrogens with zero attached hydrogens (tertiary/aromatic N) is 2. The van der Waals surface area contributed by atoms with Crippen LogP contribution >= 0.6 is 11.8 Å². The summed E-state index contributed by atoms with van der Waals surface area (Å²) in [5.74, 6) is 0.434. The summed E-state index contributed by atoms with van der Waals surface area (Å²) >= 11 is 1.50. The predicted octanol–water partition coefficient (Wildman–Crippen LogP) is 4.48. The van der Waals surface area contributed by atoms with E-state index in [0.717, 1.165) is 23.1 Å². The Morgan fingerprint density at radius 2 is 1.77 bits per heavy atom. The van der Waals surface area contributed by atoms with Gasteiger partial charge in [0.15, 0.2) is 10.9 Å². The molecule has 0 spiro atoms. The Kier molecular flexibility index (Phi) is 6.64. The van der Waals surface area contributed by atoms with Crippen molar-refractivity contribution in [2.45, 2.75) is 58.5 Å². The molecule has 5 nitrogen and oxygen atoms in total. The van der Waals surface area contributed by atoms with E-state index in [2.05, 4.69) is 35.6 Å². The first-order valence-electron chi connectivity index (χ1n) is 8.81. The van der Waals surface area contributed by atoms with Gasteiger partial charge in [0.1, 0.15) is 0 Å². The van der Waals surface area contributed by atoms with Gasteiger partial charge in [-0.3, -0.25) is 9.59 Å². The van der Waals surface area contributed by atoms with Gasteiger partial charge in [0.2, 0.25) is 5.91 Å². The largest absolute Gasteiger partial charge is 0.326 e. The highest BCUT2D eigenvalue weighted by molar-refractivity contribution is 8.00. The van der Waals surface area contributed by atoms with Crippen molar-refractivity contribution >= 4 is 29.1 Å². The Morgan fingerprint density at radius 3 is 2.31 bits per heavy atom. The van der Waals surface area contributed by atoms with Gasteiger partial charge in [-0.2, -0.15) is 0 Å². The second kappa shape index (κ2) is 8.54. The second-order valence-electron chi connectivity index (χ2n) is 6.95. The van der Waals surface area contributed by atoms with Crippen LogP contribution in [0.25, 0.3) is 0 Å². The third-order valence-electron chi connectivity index (χ3n) is 4.11. The van der Waals surface area contributed by atoms with E-state index in [-0.39, 0.29) is 16.9 Å². The lowest BCUT2D eigenvalue weighted by Gasteiger charge is -2.15. The number of ketones is 1. The quantitative estimate of drug-likeness (QED) is 0.574. The van der Waals surface area contributed by atoms with E-state index in [9.17, 15) is 9.59 Å². The number of aromatic nitrogens is 2. The van der Waals surface area contributed by atoms with E-state index in [0.29, 0.717) is 17.2 Å². The first-order chi connectivity index (χ1) is 12.2. The Labute approximate surface area is 159 Å². The van der Waals surface area contributed by atoms with Crippen molar-refractivity contribution in [3.8, 4) is 0 Å². The number of hydrogen-bond donors (Lipinski definition) is 1. The van der Waals surface area contributed by atoms with E-state index < -0.39 is 0 Å². The van der Waals surface area contributed by atoms with E-state index >= 15 is 0 Å². The summed E-state index contributed by atoms with van der Waals surface area (Å²) in [6, 6.07) is 7.00. The molecule has 2 aromatic rings. The molecule has 1 atom stereocenters. The van der Waals surface area contributed by atoms with Crippen LogP contribution in [-0.2, 0) is 11.3 Å². The zero-order valence-electron chi connectivity index (χ0n) is 16.3. The fourth-order valence-electron chi connectivity index (χ4n) is 2.66. The monoisotopic (exact) mass is 373 g/mol. The molecule has 0 aliphatic carbocycles. The van der Waals surface area contributed by atoms with Crippen molar-refractivity contribution in [2.24, 2.45) is 5.92 Å². The van der Waals surface area contributed by atoms with E-state index in [1.165, 1.54) is 18.7 Å². The highest BCUT2D eigenvalue weighted by Crippen LogP contribution is 2.28. The summed E-state index contributed by atoms with van der Waals surface area (Å²) in [6.07, 6.45) is 0. The average molecular weight is 374 g/mol. The first kappa shape index (κ1) is 20.2. The smallest absolute Gasteiger partial charge is 0.221 e. The minimum atomic E-state index is -0.242. The van der Waals surface area contributed by atoms with Gasteiger partial charge in [-0.1, -0.05) is 25.6 Å². The predicted molar refractivity (Wildman–Crippen MR) is 107 cm³/mol. The Hall–Kier alpha value is -2.08. The number of hydrogen-bond acceptors (Lipinski definition) is 4. The third-order valence-corrected chi connectivity index (χ3v) is 5.20. The highest BCUT2D eigenvalue weighted by atomic mass is 32.2. The average Bonchev–Trinajstić information content (AvgIpc) is 2.81. The lowest BCUT2D eigenvalue weighted by atomic mass is 10.1. The maximum Gasteiger partial charge on any atom is 0.221 e. The van der Waals surface area contributed by atoms with E-state index in [4.69, 9.17) is 0 Å². The zero-order chi connectivity index (χ0) is 19.4. The summed E-state index contributed by atoms with van der Waals surface area (Å²) in [4.78, 5) is 28.5. The molecule has 140 valence electrons. The highest BCUT2D eigenvalue weighted by Gasteiger charge is 2.21. The minimum absolute atomic E-state index is 0.0544. The van der Waals surface area contributed by atoms with Crippen LogP contribution in [0.3, 0.4) is 0 Å². The van der Waals surface area contributed by atoms with Gasteiger partial charge in [-0.05, 0) is 51.0 Å². The maximum atomic E-state index is 12.8. The number of thioether (sulfide) groups is 1. The second-order valence-corrected chi connectivity index (χ2v) is 8.26. The molecule has 1 aromatic carbocycles. The first-order valence-corrected chi connectivity index (χ1v) is 9.69. The van der Waals surface area contributed by atoms with Crippen LogP contribution in [0.1, 0.15) is 49.4 Å². The number of nitrogens with one attached hydrogen (secondary N) is 1. The van der Waals surface area contributed by atoms with Gasteiger partial charge in [0.05, 0.1) is 10.9 Å². The standard InChI is InChI=1S/C20H27N3O2S/c1-12(2)11-23-14(4)13(3)21-20(23)26-15(5)19(25)17-7-9-18(10-8-17)22-16(6)24/h7-10,12,15H,11H2,1-6H3,(H,22,24)/t15-/m0/s1. The number of aryl methyl sites for hydroxylation is 1. The molecule has 1 heterocycles. The van der Waals surface area contributed by atoms with Crippen molar-refractivity contribution in [1.29, 1.82) is 0 Å². The van der Waals surface area contributed by atoms with Crippen molar-refractivity contribution in [1.82, 2.24) is 9.55 Å². The Balaban J connectivity index is 2.14. The molecule has 6 heteroatoms. The molecule has 1 N–H and O–H groups in total. The molecular weight excluding hydrogens is 346 g/mol. The molecule has 26 heavy (non-hydrogen) atoms. The summed E-state index contributed by atoms with van der Waals surface area (Å²) in [6.45, 7) is 12.7. The molecule has 0 aliphatic heterocycles. The topological polar surface area (TPSA) is 64.0 Å². The summed E-state index contributed by atoms with van der Waals surface area (Å²) < 4.78 is 2.20. The molecule has 0 unspecified atom stereocenters. The summed E-state index contributed by atoms with van der Waals surface area (Å²) in [7, 11) is 0. The van der Waals surface area contributed by atoms with Crippen LogP contribution in [0.15, 0.2) is 29.4 Å². The minimum Gasteiger partial charge on any atom is -0.326 e. The molecule has 0 radical (unpaired) electrons. The molecule has 0 saturated heterocycles. The number of carbonyl (C=O) groups excluding carboxylic acids is 2. The maximum absolute atomic E-state index is 12.8. The van der Waals surface area contributed by atoms with E-state index in [1.54, 1.807) is 24.3 Å². The molecule has 0 aliphatic rings. The number of imidazole rings is 1. The van der Waals surface area contributed by atoms with Crippen LogP contribution in [-0.4, -0.2) is 26.5 Å². The molecule has 0 fully saturated rings. The molecule has 2 rings (SSSR count). The Morgan fingerprint density at radius 1 is 1.15 bits per heavy atom. The van der Waals surface area contributed by atoms with Gasteiger partial charge in [-0.25, -0.2) is 4.98 Å². The number of benzene rings is 1. The lowest BCUT2D eigenvalue weighted by molar-refractivity contribution is -0.114. The summed E-state index contributed by atoms with van der Waals surface area (Å²) in [5, 5.41) is 3.36. The van der Waals surface area contributed by atoms with Crippen molar-refractivity contribution in [2.75, 3.05) is 5.32 Å². The van der Waals surface area contributed by atoms with Gasteiger partial charge >= 0.3 is 0 Å². The fraction of sp³-hybridized carbons (Fsp3) is 0.450. The van der Waals surface area contributed by atoms with Crippen LogP contribution < -0.4 is 5.32 Å². The van der Waals surface area contributed by atoms with Gasteiger partial charge < -0.3 is 9.88 Å². The fourth-order valence-corrected chi connectivity index (χ4v) is 3.75. The molecule has 0 saturated carbocycles. The molecule has 0 bridgehead atoms. The van der Waals surface area contributed by atoms with E-state index in [1.807, 2.05) is 13.8 Å². The van der Waals surface area contributed by atoms with Crippen molar-refractivity contribution in [3.63, 3.8) is 0 Å². The number of carbonyl (C=O) groups is 2. The molecule has 1 aromatic heterocycles. The number of amides is 1. The van der Waals surface area contributed by atoms with Gasteiger partial charge in [0, 0.05) is 30.4 Å². The van der Waals surface area contributed by atoms with Crippen molar-refractivity contribution < 1.29 is 9.59 Å². The molecule has 1 amide bonds. The van der Waals surface area contributed by atoms with Crippen molar-refractivity contribution in [3.05, 3.63) is 41.2 Å². The van der Waals surface area contributed by atoms with Crippen LogP contribution in [0.2, 0.25) is 0 Å². The van der Waals surface area contributed by atoms with Gasteiger partial charge in [-0.15, -0.1) is 0 Å². The number of anilines is 1. The number of rotatable bonds is 7. The number of Topliss-reactive ketones (excluding diaryl/α,β-unsaturated/α-hetero) is 1. The summed E-state index contributed by atoms with van der Waals surface area (Å²) in [5.41, 5.74) is 3.48. The van der Waals surface area contributed by atoms with Crippen LogP contribution in [0.4, 0.5) is 5.69 Å². The molecular formula is C20H27N3O2S. The third kappa shape index (κ3) is 4.97. The SMILES string of the molecule is CC(=O)Nc1ccc(C(=O)[C@H](C)Sc2nc(C)c(C)n2CC(C)C)cc1. The normalized spacial score (nSPS) is 12.3. The van der Waals surface area contributed by atoms with Crippen LogP contribution in [0, 0.1) is 19.8 Å². The lowest BCUT2D eigenvalue weighted by Crippen LogP contribution is -2.16. The van der Waals surface area contributed by atoms with Gasteiger partial charge in [0.25, 0.3) is 0 Å². The Bertz CT molecular complexity index is 794.